The van der Waals surface area contributed by atoms with Crippen LogP contribution in [-0.2, 0) is 0 Å². The third-order valence-electron chi connectivity index (χ3n) is 7.98. The van der Waals surface area contributed by atoms with E-state index in [1.165, 1.54) is 16.7 Å². The highest BCUT2D eigenvalue weighted by Crippen LogP contribution is 2.42. The summed E-state index contributed by atoms with van der Waals surface area (Å²) in [5, 5.41) is 0. The third-order valence-corrected chi connectivity index (χ3v) is 7.98. The molecular weight excluding hydrogens is 524 g/mol. The molecule has 0 amide bonds. The number of aromatic nitrogens is 3. The largest absolute Gasteiger partial charge is 0.335 e. The Morgan fingerprint density at radius 1 is 0.860 bits per heavy atom. The maximum Gasteiger partial charge on any atom is 0.234 e. The van der Waals surface area contributed by atoms with E-state index in [9.17, 15) is 0 Å². The quantitative estimate of drug-likeness (QED) is 0.224. The third kappa shape index (κ3) is 5.74. The van der Waals surface area contributed by atoms with Crippen molar-refractivity contribution in [1.82, 2.24) is 14.5 Å². The maximum atomic E-state index is 4.80. The van der Waals surface area contributed by atoms with Crippen LogP contribution >= 0.6 is 0 Å². The molecule has 2 atom stereocenters. The van der Waals surface area contributed by atoms with Gasteiger partial charge in [-0.25, -0.2) is 9.97 Å². The average molecular weight is 565 g/mol. The Morgan fingerprint density at radius 3 is 2.30 bits per heavy atom. The van der Waals surface area contributed by atoms with E-state index in [2.05, 4.69) is 146 Å². The minimum absolute atomic E-state index is 0.0653. The first-order chi connectivity index (χ1) is 20.9. The Balaban J connectivity index is 1.84. The number of anilines is 1. The molecule has 3 heterocycles. The second kappa shape index (κ2) is 12.9. The van der Waals surface area contributed by atoms with E-state index in [1.54, 1.807) is 0 Å². The predicted molar refractivity (Wildman–Crippen MR) is 184 cm³/mol. The van der Waals surface area contributed by atoms with Crippen molar-refractivity contribution in [2.75, 3.05) is 4.90 Å². The van der Waals surface area contributed by atoms with Gasteiger partial charge in [0.1, 0.15) is 0 Å². The second-order valence-electron chi connectivity index (χ2n) is 10.9. The van der Waals surface area contributed by atoms with Crippen molar-refractivity contribution in [2.24, 2.45) is 5.92 Å². The van der Waals surface area contributed by atoms with Gasteiger partial charge in [0, 0.05) is 52.1 Å². The lowest BCUT2D eigenvalue weighted by Gasteiger charge is -2.34. The molecule has 4 nitrogen and oxygen atoms in total. The molecule has 0 bridgehead atoms. The van der Waals surface area contributed by atoms with Gasteiger partial charge >= 0.3 is 0 Å². The molecule has 0 aliphatic carbocycles. The van der Waals surface area contributed by atoms with E-state index >= 15 is 0 Å². The van der Waals surface area contributed by atoms with Crippen molar-refractivity contribution >= 4 is 23.4 Å². The zero-order valence-electron chi connectivity index (χ0n) is 25.8. The van der Waals surface area contributed by atoms with Gasteiger partial charge in [0.25, 0.3) is 0 Å². The minimum atomic E-state index is 0.0653. The summed E-state index contributed by atoms with van der Waals surface area (Å²) in [6.07, 6.45) is 18.8. The molecule has 0 saturated carbocycles. The molecule has 0 radical (unpaired) electrons. The zero-order valence-corrected chi connectivity index (χ0v) is 25.8. The first-order valence-corrected chi connectivity index (χ1v) is 14.9. The van der Waals surface area contributed by atoms with Crippen LogP contribution in [0.15, 0.2) is 122 Å². The minimum Gasteiger partial charge on any atom is -0.335 e. The fourth-order valence-electron chi connectivity index (χ4n) is 6.04. The summed E-state index contributed by atoms with van der Waals surface area (Å²) in [4.78, 5) is 11.9. The monoisotopic (exact) mass is 564 g/mol. The van der Waals surface area contributed by atoms with Gasteiger partial charge in [-0.2, -0.15) is 0 Å². The second-order valence-corrected chi connectivity index (χ2v) is 10.9. The van der Waals surface area contributed by atoms with E-state index in [-0.39, 0.29) is 12.0 Å². The van der Waals surface area contributed by atoms with Crippen LogP contribution in [0, 0.1) is 19.8 Å². The van der Waals surface area contributed by atoms with Crippen molar-refractivity contribution in [3.8, 4) is 17.1 Å². The normalized spacial score (nSPS) is 20.3. The molecule has 0 spiro atoms. The first-order valence-electron chi connectivity index (χ1n) is 14.9. The van der Waals surface area contributed by atoms with Crippen molar-refractivity contribution in [1.29, 1.82) is 0 Å². The first kappa shape index (κ1) is 29.5. The van der Waals surface area contributed by atoms with Gasteiger partial charge in [0.15, 0.2) is 0 Å². The van der Waals surface area contributed by atoms with Crippen LogP contribution in [-0.4, -0.2) is 20.6 Å². The number of aryl methyl sites for hydroxylation is 1. The molecule has 216 valence electrons. The van der Waals surface area contributed by atoms with Crippen molar-refractivity contribution in [2.45, 2.75) is 40.7 Å². The summed E-state index contributed by atoms with van der Waals surface area (Å²) in [6.45, 7) is 19.3. The molecule has 0 fully saturated rings. The number of hydrogen-bond donors (Lipinski definition) is 0. The van der Waals surface area contributed by atoms with Crippen molar-refractivity contribution in [3.05, 3.63) is 150 Å². The molecule has 1 aliphatic rings. The van der Waals surface area contributed by atoms with Gasteiger partial charge in [-0.3, -0.25) is 4.57 Å². The molecule has 1 aliphatic heterocycles. The highest BCUT2D eigenvalue weighted by Gasteiger charge is 2.29. The molecule has 0 N–H and O–H groups in total. The maximum absolute atomic E-state index is 4.80. The van der Waals surface area contributed by atoms with E-state index in [4.69, 9.17) is 4.98 Å². The lowest BCUT2D eigenvalue weighted by Crippen LogP contribution is -2.31. The Labute approximate surface area is 256 Å². The van der Waals surface area contributed by atoms with Gasteiger partial charge < -0.3 is 4.90 Å². The van der Waals surface area contributed by atoms with Crippen LogP contribution in [0.2, 0.25) is 0 Å². The molecule has 2 aromatic carbocycles. The highest BCUT2D eigenvalue weighted by molar-refractivity contribution is 5.87. The van der Waals surface area contributed by atoms with E-state index < -0.39 is 0 Å². The summed E-state index contributed by atoms with van der Waals surface area (Å²) in [7, 11) is 0. The van der Waals surface area contributed by atoms with Crippen LogP contribution in [0.4, 0.5) is 5.69 Å². The fraction of sp³-hybridized carbons (Fsp3) is 0.179. The Morgan fingerprint density at radius 2 is 1.60 bits per heavy atom. The van der Waals surface area contributed by atoms with Gasteiger partial charge in [0.05, 0.1) is 5.69 Å². The molecule has 4 heteroatoms. The number of allylic oxidation sites excluding steroid dienone is 6. The molecule has 5 rings (SSSR count). The zero-order chi connectivity index (χ0) is 30.5. The van der Waals surface area contributed by atoms with Crippen molar-refractivity contribution < 1.29 is 0 Å². The number of benzene rings is 2. The molecule has 2 aromatic heterocycles. The predicted octanol–water partition coefficient (Wildman–Crippen LogP) is 9.78. The Kier molecular flexibility index (Phi) is 8.87. The summed E-state index contributed by atoms with van der Waals surface area (Å²) < 4.78 is 2.13. The topological polar surface area (TPSA) is 34.0 Å². The van der Waals surface area contributed by atoms with Gasteiger partial charge in [-0.05, 0) is 74.7 Å². The standard InChI is InChI=1S/C39H40N4/c1-8-17-34-35(9-2)43(39-40-25-24-28(5)41-39)30(7)38(34)37-27(4)18-14-15-19-29(6)42(36(37)10-3)33-23-16-22-32(26-33)31-20-12-11-13-21-31/h8-27,29H,2-3H2,1,4-7H3/b17-8-,18-14-,19-15-,37-36+. The summed E-state index contributed by atoms with van der Waals surface area (Å²) >= 11 is 0. The molecule has 4 aromatic rings. The summed E-state index contributed by atoms with van der Waals surface area (Å²) in [6, 6.07) is 21.3. The molecular formula is C39H40N4. The summed E-state index contributed by atoms with van der Waals surface area (Å²) in [5.74, 6) is 0.719. The van der Waals surface area contributed by atoms with Crippen LogP contribution in [0.3, 0.4) is 0 Å². The lowest BCUT2D eigenvalue weighted by atomic mass is 9.87. The van der Waals surface area contributed by atoms with Crippen LogP contribution in [0.1, 0.15) is 49.0 Å². The number of rotatable bonds is 7. The van der Waals surface area contributed by atoms with Crippen LogP contribution in [0.5, 0.6) is 0 Å². The molecule has 0 saturated heterocycles. The SMILES string of the molecule is C=C/C1=C(\c2c(/C=C\C)c(C=C)n(-c3nccc(C)n3)c2C)C(C)/C=C\C=C/C(C)N1c1cccc(-c2ccccc2)c1. The number of nitrogens with zero attached hydrogens (tertiary/aromatic N) is 4. The smallest absolute Gasteiger partial charge is 0.234 e. The van der Waals surface area contributed by atoms with Crippen LogP contribution in [0.25, 0.3) is 34.8 Å². The van der Waals surface area contributed by atoms with Gasteiger partial charge in [-0.15, -0.1) is 0 Å². The van der Waals surface area contributed by atoms with E-state index in [0.717, 1.165) is 39.6 Å². The lowest BCUT2D eigenvalue weighted by molar-refractivity contribution is 0.825. The van der Waals surface area contributed by atoms with Crippen LogP contribution < -0.4 is 4.90 Å². The number of hydrogen-bond acceptors (Lipinski definition) is 3. The highest BCUT2D eigenvalue weighted by atomic mass is 15.2. The molecule has 2 unspecified atom stereocenters. The summed E-state index contributed by atoms with van der Waals surface area (Å²) in [5.41, 5.74) is 10.9. The Bertz CT molecular complexity index is 1760. The fourth-order valence-corrected chi connectivity index (χ4v) is 6.04. The van der Waals surface area contributed by atoms with E-state index in [0.29, 0.717) is 5.95 Å². The van der Waals surface area contributed by atoms with Gasteiger partial charge in [0.2, 0.25) is 5.95 Å². The average Bonchev–Trinajstić information content (AvgIpc) is 3.32. The van der Waals surface area contributed by atoms with Crippen molar-refractivity contribution in [3.63, 3.8) is 0 Å². The Hall–Kier alpha value is -4.96. The van der Waals surface area contributed by atoms with Gasteiger partial charge in [-0.1, -0.05) is 99.0 Å². The van der Waals surface area contributed by atoms with E-state index in [1.807, 2.05) is 31.3 Å². The molecule has 43 heavy (non-hydrogen) atoms.